The van der Waals surface area contributed by atoms with Crippen LogP contribution < -0.4 is 10.5 Å². The number of hydrogen-bond acceptors (Lipinski definition) is 5. The van der Waals surface area contributed by atoms with Crippen LogP contribution in [0, 0.1) is 0 Å². The largest absolute Gasteiger partial charge is 0.508 e. The molecule has 1 aromatic rings. The van der Waals surface area contributed by atoms with Crippen LogP contribution in [0.2, 0.25) is 0 Å². The Kier molecular flexibility index (Phi) is 4.97. The number of carbonyl (C=O) groups is 1. The van der Waals surface area contributed by atoms with E-state index in [0.29, 0.717) is 23.4 Å². The van der Waals surface area contributed by atoms with Gasteiger partial charge in [-0.15, -0.1) is 0 Å². The van der Waals surface area contributed by atoms with Crippen LogP contribution in [0.5, 0.6) is 11.5 Å². The maximum absolute atomic E-state index is 11.6. The van der Waals surface area contributed by atoms with Crippen molar-refractivity contribution in [2.45, 2.75) is 19.3 Å². The van der Waals surface area contributed by atoms with Crippen molar-refractivity contribution >= 4 is 5.97 Å². The number of rotatable bonds is 5. The average Bonchev–Trinajstić information content (AvgIpc) is 2.37. The summed E-state index contributed by atoms with van der Waals surface area (Å²) in [4.78, 5) is 11.6. The molecule has 0 amide bonds. The van der Waals surface area contributed by atoms with Crippen molar-refractivity contribution in [3.8, 4) is 11.5 Å². The van der Waals surface area contributed by atoms with Gasteiger partial charge in [0.25, 0.3) is 0 Å². The molecule has 5 heteroatoms. The molecule has 18 heavy (non-hydrogen) atoms. The lowest BCUT2D eigenvalue weighted by molar-refractivity contribution is 0.0597. The van der Waals surface area contributed by atoms with Crippen LogP contribution in [0.3, 0.4) is 0 Å². The van der Waals surface area contributed by atoms with E-state index < -0.39 is 5.97 Å². The number of ether oxygens (including phenoxy) is 2. The van der Waals surface area contributed by atoms with Crippen molar-refractivity contribution < 1.29 is 19.4 Å². The van der Waals surface area contributed by atoms with Crippen molar-refractivity contribution in [1.82, 2.24) is 0 Å². The lowest BCUT2D eigenvalue weighted by Crippen LogP contribution is -2.08. The molecule has 1 atom stereocenters. The zero-order valence-corrected chi connectivity index (χ0v) is 10.9. The highest BCUT2D eigenvalue weighted by atomic mass is 16.5. The lowest BCUT2D eigenvalue weighted by Gasteiger charge is -2.15. The number of esters is 1. The van der Waals surface area contributed by atoms with E-state index in [1.165, 1.54) is 20.3 Å². The Morgan fingerprint density at radius 3 is 2.61 bits per heavy atom. The van der Waals surface area contributed by atoms with Gasteiger partial charge < -0.3 is 20.3 Å². The molecule has 0 bridgehead atoms. The van der Waals surface area contributed by atoms with Gasteiger partial charge in [0.15, 0.2) is 0 Å². The van der Waals surface area contributed by atoms with Crippen LogP contribution in [-0.2, 0) is 4.74 Å². The van der Waals surface area contributed by atoms with Gasteiger partial charge in [0.05, 0.1) is 14.2 Å². The monoisotopic (exact) mass is 253 g/mol. The SMILES string of the molecule is COC(=O)c1cc(C(C)CCN)c(O)cc1OC. The third-order valence-corrected chi connectivity index (χ3v) is 2.88. The van der Waals surface area contributed by atoms with E-state index in [9.17, 15) is 9.90 Å². The number of phenols is 1. The molecule has 3 N–H and O–H groups in total. The van der Waals surface area contributed by atoms with Gasteiger partial charge in [-0.25, -0.2) is 4.79 Å². The number of methoxy groups -OCH3 is 2. The van der Waals surface area contributed by atoms with Gasteiger partial charge >= 0.3 is 5.97 Å². The molecular weight excluding hydrogens is 234 g/mol. The highest BCUT2D eigenvalue weighted by Crippen LogP contribution is 2.34. The molecule has 0 aromatic heterocycles. The predicted octanol–water partition coefficient (Wildman–Crippen LogP) is 1.64. The fourth-order valence-corrected chi connectivity index (χ4v) is 1.82. The van der Waals surface area contributed by atoms with Crippen LogP contribution in [0.1, 0.15) is 35.2 Å². The number of benzene rings is 1. The number of aromatic hydroxyl groups is 1. The molecule has 0 aliphatic carbocycles. The Labute approximate surface area is 107 Å². The highest BCUT2D eigenvalue weighted by Gasteiger charge is 2.19. The predicted molar refractivity (Wildman–Crippen MR) is 68.1 cm³/mol. The van der Waals surface area contributed by atoms with Crippen molar-refractivity contribution in [2.75, 3.05) is 20.8 Å². The van der Waals surface area contributed by atoms with E-state index in [-0.39, 0.29) is 11.7 Å². The Hall–Kier alpha value is -1.75. The van der Waals surface area contributed by atoms with E-state index in [0.717, 1.165) is 6.42 Å². The number of nitrogens with two attached hydrogens (primary N) is 1. The summed E-state index contributed by atoms with van der Waals surface area (Å²) in [5.74, 6) is -0.0409. The second-order valence-electron chi connectivity index (χ2n) is 4.08. The maximum atomic E-state index is 11.6. The summed E-state index contributed by atoms with van der Waals surface area (Å²) >= 11 is 0. The van der Waals surface area contributed by atoms with Gasteiger partial charge in [0.1, 0.15) is 17.1 Å². The molecule has 0 saturated carbocycles. The van der Waals surface area contributed by atoms with Crippen molar-refractivity contribution in [2.24, 2.45) is 5.73 Å². The van der Waals surface area contributed by atoms with Gasteiger partial charge in [-0.1, -0.05) is 6.92 Å². The minimum absolute atomic E-state index is 0.0595. The highest BCUT2D eigenvalue weighted by molar-refractivity contribution is 5.93. The van der Waals surface area contributed by atoms with E-state index in [1.54, 1.807) is 6.07 Å². The fraction of sp³-hybridized carbons (Fsp3) is 0.462. The molecule has 1 aromatic carbocycles. The van der Waals surface area contributed by atoms with E-state index in [1.807, 2.05) is 6.92 Å². The molecule has 0 radical (unpaired) electrons. The second-order valence-corrected chi connectivity index (χ2v) is 4.08. The first kappa shape index (κ1) is 14.3. The standard InChI is InChI=1S/C13H19NO4/c1-8(4-5-14)9-6-10(13(16)18-3)12(17-2)7-11(9)15/h6-8,15H,4-5,14H2,1-3H3. The first-order chi connectivity index (χ1) is 8.54. The van der Waals surface area contributed by atoms with Gasteiger partial charge in [-0.2, -0.15) is 0 Å². The average molecular weight is 253 g/mol. The van der Waals surface area contributed by atoms with E-state index in [4.69, 9.17) is 10.5 Å². The van der Waals surface area contributed by atoms with E-state index >= 15 is 0 Å². The minimum atomic E-state index is -0.493. The summed E-state index contributed by atoms with van der Waals surface area (Å²) < 4.78 is 9.75. The second kappa shape index (κ2) is 6.26. The van der Waals surface area contributed by atoms with Crippen LogP contribution in [0.15, 0.2) is 12.1 Å². The van der Waals surface area contributed by atoms with Gasteiger partial charge in [-0.05, 0) is 30.5 Å². The molecule has 100 valence electrons. The molecule has 0 spiro atoms. The van der Waals surface area contributed by atoms with Crippen LogP contribution >= 0.6 is 0 Å². The maximum Gasteiger partial charge on any atom is 0.341 e. The smallest absolute Gasteiger partial charge is 0.341 e. The summed E-state index contributed by atoms with van der Waals surface area (Å²) in [6.45, 7) is 2.45. The molecule has 0 aliphatic heterocycles. The Balaban J connectivity index is 3.25. The number of hydrogen-bond donors (Lipinski definition) is 2. The molecule has 5 nitrogen and oxygen atoms in total. The topological polar surface area (TPSA) is 81.8 Å². The summed E-state index contributed by atoms with van der Waals surface area (Å²) in [7, 11) is 2.74. The van der Waals surface area contributed by atoms with Gasteiger partial charge in [0.2, 0.25) is 0 Å². The number of phenolic OH excluding ortho intramolecular Hbond substituents is 1. The summed E-state index contributed by atoms with van der Waals surface area (Å²) in [6.07, 6.45) is 0.723. The Morgan fingerprint density at radius 1 is 1.44 bits per heavy atom. The molecule has 0 heterocycles. The molecule has 0 saturated heterocycles. The lowest BCUT2D eigenvalue weighted by atomic mass is 9.94. The third-order valence-electron chi connectivity index (χ3n) is 2.88. The molecule has 0 aliphatic rings. The zero-order chi connectivity index (χ0) is 13.7. The summed E-state index contributed by atoms with van der Waals surface area (Å²) in [5.41, 5.74) is 6.47. The van der Waals surface area contributed by atoms with Gasteiger partial charge in [-0.3, -0.25) is 0 Å². The first-order valence-corrected chi connectivity index (χ1v) is 5.74. The summed E-state index contributed by atoms with van der Waals surface area (Å²) in [5, 5.41) is 9.93. The van der Waals surface area contributed by atoms with E-state index in [2.05, 4.69) is 4.74 Å². The van der Waals surface area contributed by atoms with Crippen LogP contribution in [-0.4, -0.2) is 31.8 Å². The summed E-state index contributed by atoms with van der Waals surface area (Å²) in [6, 6.07) is 3.02. The molecule has 1 unspecified atom stereocenters. The van der Waals surface area contributed by atoms with Gasteiger partial charge in [0, 0.05) is 6.07 Å². The Morgan fingerprint density at radius 2 is 2.11 bits per heavy atom. The number of carbonyl (C=O) groups excluding carboxylic acids is 1. The van der Waals surface area contributed by atoms with Crippen molar-refractivity contribution in [1.29, 1.82) is 0 Å². The quantitative estimate of drug-likeness (QED) is 0.779. The zero-order valence-electron chi connectivity index (χ0n) is 10.9. The van der Waals surface area contributed by atoms with Crippen LogP contribution in [0.4, 0.5) is 0 Å². The van der Waals surface area contributed by atoms with Crippen molar-refractivity contribution in [3.63, 3.8) is 0 Å². The molecule has 1 rings (SSSR count). The molecular formula is C13H19NO4. The fourth-order valence-electron chi connectivity index (χ4n) is 1.82. The first-order valence-electron chi connectivity index (χ1n) is 5.74. The third kappa shape index (κ3) is 2.92. The normalized spacial score (nSPS) is 12.0. The minimum Gasteiger partial charge on any atom is -0.508 e. The molecule has 0 fully saturated rings. The van der Waals surface area contributed by atoms with Crippen LogP contribution in [0.25, 0.3) is 0 Å². The Bertz CT molecular complexity index is 431. The van der Waals surface area contributed by atoms with Crippen molar-refractivity contribution in [3.05, 3.63) is 23.3 Å².